The number of hydrogen-bond acceptors (Lipinski definition) is 3. The Morgan fingerprint density at radius 3 is 2.29 bits per heavy atom. The van der Waals surface area contributed by atoms with Crippen molar-refractivity contribution in [1.82, 2.24) is 4.31 Å². The van der Waals surface area contributed by atoms with Gasteiger partial charge in [-0.1, -0.05) is 24.4 Å². The van der Waals surface area contributed by atoms with Gasteiger partial charge in [-0.2, -0.15) is 4.31 Å². The summed E-state index contributed by atoms with van der Waals surface area (Å²) in [6.45, 7) is 3.11. The third-order valence-electron chi connectivity index (χ3n) is 2.99. The largest absolute Gasteiger partial charge is 0.252 e. The quantitative estimate of drug-likeness (QED) is 0.839. The Morgan fingerprint density at radius 1 is 1.24 bits per heavy atom. The van der Waals surface area contributed by atoms with Crippen molar-refractivity contribution in [2.75, 3.05) is 13.1 Å². The van der Waals surface area contributed by atoms with Crippen LogP contribution in [0.4, 0.5) is 0 Å². The Bertz CT molecular complexity index is 468. The van der Waals surface area contributed by atoms with E-state index in [0.717, 1.165) is 42.6 Å². The second-order valence-electron chi connectivity index (χ2n) is 4.34. The molecule has 0 amide bonds. The molecule has 0 aliphatic carbocycles. The molecule has 1 fully saturated rings. The zero-order valence-corrected chi connectivity index (χ0v) is 12.2. The third kappa shape index (κ3) is 2.84. The second kappa shape index (κ2) is 5.26. The van der Waals surface area contributed by atoms with E-state index in [1.54, 1.807) is 10.4 Å². The van der Waals surface area contributed by atoms with Crippen molar-refractivity contribution in [3.8, 4) is 0 Å². The first-order chi connectivity index (χ1) is 8.01. The van der Waals surface area contributed by atoms with Gasteiger partial charge in [-0.3, -0.25) is 0 Å². The fourth-order valence-electron chi connectivity index (χ4n) is 1.97. The van der Waals surface area contributed by atoms with Gasteiger partial charge in [-0.25, -0.2) is 8.42 Å². The van der Waals surface area contributed by atoms with Crippen molar-refractivity contribution >= 4 is 33.0 Å². The van der Waals surface area contributed by atoms with Gasteiger partial charge < -0.3 is 0 Å². The standard InChI is InChI=1S/C11H16ClNO2S2/c1-9-8-10(16-11(9)12)17(14,15)13-6-4-2-3-5-7-13/h8H,2-7H2,1H3. The Balaban J connectivity index is 2.28. The molecule has 0 saturated carbocycles. The highest BCUT2D eigenvalue weighted by Gasteiger charge is 2.27. The van der Waals surface area contributed by atoms with Crippen molar-refractivity contribution in [1.29, 1.82) is 0 Å². The van der Waals surface area contributed by atoms with E-state index >= 15 is 0 Å². The second-order valence-corrected chi connectivity index (χ2v) is 8.16. The van der Waals surface area contributed by atoms with Crippen LogP contribution in [0.5, 0.6) is 0 Å². The van der Waals surface area contributed by atoms with Gasteiger partial charge in [0.25, 0.3) is 10.0 Å². The van der Waals surface area contributed by atoms with Crippen LogP contribution in [0, 0.1) is 6.92 Å². The lowest BCUT2D eigenvalue weighted by Gasteiger charge is -2.18. The SMILES string of the molecule is Cc1cc(S(=O)(=O)N2CCCCCC2)sc1Cl. The van der Waals surface area contributed by atoms with E-state index in [-0.39, 0.29) is 0 Å². The Morgan fingerprint density at radius 2 is 1.82 bits per heavy atom. The molecule has 3 nitrogen and oxygen atoms in total. The van der Waals surface area contributed by atoms with Crippen LogP contribution in [0.15, 0.2) is 10.3 Å². The normalized spacial score (nSPS) is 19.2. The molecule has 0 spiro atoms. The van der Waals surface area contributed by atoms with E-state index in [9.17, 15) is 8.42 Å². The molecule has 6 heteroatoms. The van der Waals surface area contributed by atoms with Gasteiger partial charge in [0.05, 0.1) is 4.34 Å². The highest BCUT2D eigenvalue weighted by Crippen LogP contribution is 2.32. The molecule has 0 unspecified atom stereocenters. The first-order valence-corrected chi connectivity index (χ1v) is 8.41. The van der Waals surface area contributed by atoms with Crippen molar-refractivity contribution < 1.29 is 8.42 Å². The van der Waals surface area contributed by atoms with E-state index in [4.69, 9.17) is 11.6 Å². The fraction of sp³-hybridized carbons (Fsp3) is 0.636. The maximum Gasteiger partial charge on any atom is 0.252 e. The number of sulfonamides is 1. The van der Waals surface area contributed by atoms with E-state index in [2.05, 4.69) is 0 Å². The van der Waals surface area contributed by atoms with Crippen LogP contribution in [0.25, 0.3) is 0 Å². The minimum Gasteiger partial charge on any atom is -0.206 e. The molecule has 96 valence electrons. The van der Waals surface area contributed by atoms with E-state index in [1.165, 1.54) is 0 Å². The molecule has 1 aromatic rings. The number of thiophene rings is 1. The highest BCUT2D eigenvalue weighted by atomic mass is 35.5. The summed E-state index contributed by atoms with van der Waals surface area (Å²) in [6.07, 6.45) is 4.15. The average Bonchev–Trinajstić information content (AvgIpc) is 2.54. The molecule has 1 aromatic heterocycles. The summed E-state index contributed by atoms with van der Waals surface area (Å²) in [7, 11) is -3.32. The van der Waals surface area contributed by atoms with Crippen LogP contribution in [-0.4, -0.2) is 25.8 Å². The van der Waals surface area contributed by atoms with Crippen LogP contribution in [0.3, 0.4) is 0 Å². The van der Waals surface area contributed by atoms with Crippen LogP contribution < -0.4 is 0 Å². The van der Waals surface area contributed by atoms with Crippen molar-refractivity contribution in [2.45, 2.75) is 36.8 Å². The first-order valence-electron chi connectivity index (χ1n) is 5.78. The molecule has 1 aliphatic heterocycles. The number of nitrogens with zero attached hydrogens (tertiary/aromatic N) is 1. The Kier molecular flexibility index (Phi) is 4.13. The molecule has 0 bridgehead atoms. The predicted octanol–water partition coefficient (Wildman–Crippen LogP) is 3.27. The molecule has 0 radical (unpaired) electrons. The molecule has 1 aliphatic rings. The molecular formula is C11H16ClNO2S2. The zero-order chi connectivity index (χ0) is 12.5. The summed E-state index contributed by atoms with van der Waals surface area (Å²) >= 11 is 7.10. The smallest absolute Gasteiger partial charge is 0.206 e. The molecule has 0 N–H and O–H groups in total. The lowest BCUT2D eigenvalue weighted by atomic mass is 10.2. The lowest BCUT2D eigenvalue weighted by molar-refractivity contribution is 0.425. The molecule has 0 atom stereocenters. The summed E-state index contributed by atoms with van der Waals surface area (Å²) in [5.41, 5.74) is 0.838. The number of hydrogen-bond donors (Lipinski definition) is 0. The highest BCUT2D eigenvalue weighted by molar-refractivity contribution is 7.91. The van der Waals surface area contributed by atoms with Gasteiger partial charge in [0, 0.05) is 13.1 Å². The van der Waals surface area contributed by atoms with Crippen LogP contribution in [-0.2, 0) is 10.0 Å². The Labute approximate surface area is 111 Å². The van der Waals surface area contributed by atoms with Gasteiger partial charge in [0.15, 0.2) is 0 Å². The fourth-order valence-corrected chi connectivity index (χ4v) is 5.35. The third-order valence-corrected chi connectivity index (χ3v) is 6.90. The molecular weight excluding hydrogens is 278 g/mol. The topological polar surface area (TPSA) is 37.4 Å². The van der Waals surface area contributed by atoms with Crippen LogP contribution in [0.1, 0.15) is 31.2 Å². The molecule has 2 rings (SSSR count). The maximum atomic E-state index is 12.4. The summed E-state index contributed by atoms with van der Waals surface area (Å²) in [5, 5.41) is 0. The van der Waals surface area contributed by atoms with Crippen molar-refractivity contribution in [2.24, 2.45) is 0 Å². The number of halogens is 1. The summed E-state index contributed by atoms with van der Waals surface area (Å²) in [6, 6.07) is 1.67. The van der Waals surface area contributed by atoms with Gasteiger partial charge in [-0.15, -0.1) is 11.3 Å². The average molecular weight is 294 g/mol. The van der Waals surface area contributed by atoms with Crippen LogP contribution >= 0.6 is 22.9 Å². The van der Waals surface area contributed by atoms with Gasteiger partial charge in [0.1, 0.15) is 4.21 Å². The van der Waals surface area contributed by atoms with Crippen LogP contribution in [0.2, 0.25) is 4.34 Å². The molecule has 1 saturated heterocycles. The Hall–Kier alpha value is -0.100. The van der Waals surface area contributed by atoms with Gasteiger partial charge >= 0.3 is 0 Å². The van der Waals surface area contributed by atoms with E-state index < -0.39 is 10.0 Å². The first kappa shape index (κ1) is 13.3. The lowest BCUT2D eigenvalue weighted by Crippen LogP contribution is -2.31. The van der Waals surface area contributed by atoms with Crippen molar-refractivity contribution in [3.05, 3.63) is 16.0 Å². The maximum absolute atomic E-state index is 12.4. The molecule has 2 heterocycles. The zero-order valence-electron chi connectivity index (χ0n) is 9.78. The number of aryl methyl sites for hydroxylation is 1. The predicted molar refractivity (Wildman–Crippen MR) is 71.3 cm³/mol. The summed E-state index contributed by atoms with van der Waals surface area (Å²) < 4.78 is 27.3. The molecule has 0 aromatic carbocycles. The van der Waals surface area contributed by atoms with Gasteiger partial charge in [0.2, 0.25) is 0 Å². The summed E-state index contributed by atoms with van der Waals surface area (Å²) in [5.74, 6) is 0. The monoisotopic (exact) mass is 293 g/mol. The minimum absolute atomic E-state index is 0.377. The number of rotatable bonds is 2. The van der Waals surface area contributed by atoms with Gasteiger partial charge in [-0.05, 0) is 31.4 Å². The van der Waals surface area contributed by atoms with Crippen molar-refractivity contribution in [3.63, 3.8) is 0 Å². The van der Waals surface area contributed by atoms with E-state index in [0.29, 0.717) is 21.6 Å². The molecule has 17 heavy (non-hydrogen) atoms. The summed E-state index contributed by atoms with van der Waals surface area (Å²) in [4.78, 5) is 0. The van der Waals surface area contributed by atoms with E-state index in [1.807, 2.05) is 6.92 Å². The minimum atomic E-state index is -3.32.